The SMILES string of the molecule is Cc1ccc(C(=O)NCC2CCCC2)c(C#CCN)c1. The van der Waals surface area contributed by atoms with Gasteiger partial charge in [-0.2, -0.15) is 0 Å². The molecule has 0 unspecified atom stereocenters. The van der Waals surface area contributed by atoms with Crippen LogP contribution in [0.25, 0.3) is 0 Å². The predicted octanol–water partition coefficient (Wildman–Crippen LogP) is 2.23. The Balaban J connectivity index is 2.07. The van der Waals surface area contributed by atoms with E-state index >= 15 is 0 Å². The fourth-order valence-electron chi connectivity index (χ4n) is 2.65. The number of benzene rings is 1. The van der Waals surface area contributed by atoms with E-state index in [9.17, 15) is 4.79 Å². The Morgan fingerprint density at radius 1 is 1.40 bits per heavy atom. The number of amides is 1. The molecule has 2 rings (SSSR count). The summed E-state index contributed by atoms with van der Waals surface area (Å²) in [6.07, 6.45) is 5.04. The Kier molecular flexibility index (Phi) is 5.20. The van der Waals surface area contributed by atoms with Gasteiger partial charge in [0.15, 0.2) is 0 Å². The lowest BCUT2D eigenvalue weighted by molar-refractivity contribution is 0.0947. The highest BCUT2D eigenvalue weighted by Gasteiger charge is 2.17. The summed E-state index contributed by atoms with van der Waals surface area (Å²) >= 11 is 0. The molecule has 0 saturated heterocycles. The summed E-state index contributed by atoms with van der Waals surface area (Å²) in [6, 6.07) is 5.73. The number of nitrogens with two attached hydrogens (primary N) is 1. The zero-order valence-electron chi connectivity index (χ0n) is 12.0. The van der Waals surface area contributed by atoms with Crippen LogP contribution in [0.1, 0.15) is 47.2 Å². The van der Waals surface area contributed by atoms with Crippen molar-refractivity contribution in [2.24, 2.45) is 11.7 Å². The molecule has 0 radical (unpaired) electrons. The molecule has 1 fully saturated rings. The molecule has 1 aliphatic carbocycles. The summed E-state index contributed by atoms with van der Waals surface area (Å²) < 4.78 is 0. The highest BCUT2D eigenvalue weighted by Crippen LogP contribution is 2.23. The van der Waals surface area contributed by atoms with Gasteiger partial charge >= 0.3 is 0 Å². The van der Waals surface area contributed by atoms with Gasteiger partial charge < -0.3 is 11.1 Å². The van der Waals surface area contributed by atoms with E-state index in [1.807, 2.05) is 25.1 Å². The van der Waals surface area contributed by atoms with Crippen molar-refractivity contribution in [2.45, 2.75) is 32.6 Å². The van der Waals surface area contributed by atoms with Crippen LogP contribution in [0.15, 0.2) is 18.2 Å². The standard InChI is InChI=1S/C17H22N2O/c1-13-8-9-16(15(11-13)7-4-10-18)17(20)19-12-14-5-2-3-6-14/h8-9,11,14H,2-3,5-6,10,12,18H2,1H3,(H,19,20). The van der Waals surface area contributed by atoms with Crippen LogP contribution in [0.5, 0.6) is 0 Å². The Bertz CT molecular complexity index is 534. The second kappa shape index (κ2) is 7.12. The van der Waals surface area contributed by atoms with Crippen LogP contribution in [0.3, 0.4) is 0 Å². The fraction of sp³-hybridized carbons (Fsp3) is 0.471. The molecule has 3 heteroatoms. The Morgan fingerprint density at radius 2 is 2.15 bits per heavy atom. The largest absolute Gasteiger partial charge is 0.352 e. The zero-order chi connectivity index (χ0) is 14.4. The summed E-state index contributed by atoms with van der Waals surface area (Å²) in [7, 11) is 0. The van der Waals surface area contributed by atoms with Gasteiger partial charge in [0.05, 0.1) is 12.1 Å². The third kappa shape index (κ3) is 3.85. The molecule has 1 amide bonds. The minimum absolute atomic E-state index is 0.0294. The third-order valence-corrected chi connectivity index (χ3v) is 3.77. The lowest BCUT2D eigenvalue weighted by Gasteiger charge is -2.12. The number of rotatable bonds is 3. The monoisotopic (exact) mass is 270 g/mol. The summed E-state index contributed by atoms with van der Waals surface area (Å²) in [6.45, 7) is 3.07. The highest BCUT2D eigenvalue weighted by atomic mass is 16.1. The quantitative estimate of drug-likeness (QED) is 0.828. The maximum Gasteiger partial charge on any atom is 0.252 e. The van der Waals surface area contributed by atoms with Gasteiger partial charge in [0.25, 0.3) is 5.91 Å². The molecule has 0 spiro atoms. The van der Waals surface area contributed by atoms with Gasteiger partial charge in [-0.1, -0.05) is 30.7 Å². The molecule has 1 aliphatic rings. The van der Waals surface area contributed by atoms with E-state index in [-0.39, 0.29) is 5.91 Å². The van der Waals surface area contributed by atoms with Crippen LogP contribution >= 0.6 is 0 Å². The van der Waals surface area contributed by atoms with Gasteiger partial charge in [0.1, 0.15) is 0 Å². The molecule has 1 saturated carbocycles. The van der Waals surface area contributed by atoms with Crippen molar-refractivity contribution < 1.29 is 4.79 Å². The number of carbonyl (C=O) groups excluding carboxylic acids is 1. The van der Waals surface area contributed by atoms with Crippen molar-refractivity contribution >= 4 is 5.91 Å². The van der Waals surface area contributed by atoms with Crippen LogP contribution in [-0.2, 0) is 0 Å². The van der Waals surface area contributed by atoms with E-state index in [0.29, 0.717) is 18.0 Å². The van der Waals surface area contributed by atoms with Crippen molar-refractivity contribution in [3.63, 3.8) is 0 Å². The first-order chi connectivity index (χ1) is 9.70. The van der Waals surface area contributed by atoms with Gasteiger partial charge in [-0.15, -0.1) is 0 Å². The Morgan fingerprint density at radius 3 is 2.85 bits per heavy atom. The molecule has 3 nitrogen and oxygen atoms in total. The summed E-state index contributed by atoms with van der Waals surface area (Å²) in [4.78, 5) is 12.3. The highest BCUT2D eigenvalue weighted by molar-refractivity contribution is 5.96. The lowest BCUT2D eigenvalue weighted by Crippen LogP contribution is -2.29. The summed E-state index contributed by atoms with van der Waals surface area (Å²) in [5.74, 6) is 6.42. The van der Waals surface area contributed by atoms with Crippen LogP contribution in [0.4, 0.5) is 0 Å². The van der Waals surface area contributed by atoms with Gasteiger partial charge in [0, 0.05) is 12.1 Å². The van der Waals surface area contributed by atoms with Gasteiger partial charge in [-0.05, 0) is 43.4 Å². The van der Waals surface area contributed by atoms with Crippen LogP contribution in [0.2, 0.25) is 0 Å². The molecule has 0 bridgehead atoms. The topological polar surface area (TPSA) is 55.1 Å². The average Bonchev–Trinajstić information content (AvgIpc) is 2.96. The maximum absolute atomic E-state index is 12.3. The summed E-state index contributed by atoms with van der Waals surface area (Å²) in [5, 5.41) is 3.04. The van der Waals surface area contributed by atoms with E-state index in [2.05, 4.69) is 17.2 Å². The minimum Gasteiger partial charge on any atom is -0.352 e. The molecule has 106 valence electrons. The van der Waals surface area contributed by atoms with Gasteiger partial charge in [-0.25, -0.2) is 0 Å². The van der Waals surface area contributed by atoms with E-state index in [1.54, 1.807) is 0 Å². The second-order valence-electron chi connectivity index (χ2n) is 5.42. The van der Waals surface area contributed by atoms with Crippen molar-refractivity contribution in [1.29, 1.82) is 0 Å². The van der Waals surface area contributed by atoms with Crippen molar-refractivity contribution in [3.05, 3.63) is 34.9 Å². The van der Waals surface area contributed by atoms with E-state index in [4.69, 9.17) is 5.73 Å². The molecule has 1 aromatic carbocycles. The molecule has 1 aromatic rings. The van der Waals surface area contributed by atoms with E-state index in [0.717, 1.165) is 17.7 Å². The molecule has 3 N–H and O–H groups in total. The molecule has 0 aromatic heterocycles. The molecule has 0 aliphatic heterocycles. The molecule has 0 heterocycles. The number of hydrogen-bond donors (Lipinski definition) is 2. The Hall–Kier alpha value is -1.79. The van der Waals surface area contributed by atoms with Gasteiger partial charge in [-0.3, -0.25) is 4.79 Å². The van der Waals surface area contributed by atoms with Crippen LogP contribution < -0.4 is 11.1 Å². The van der Waals surface area contributed by atoms with Crippen LogP contribution in [0, 0.1) is 24.7 Å². The first kappa shape index (κ1) is 14.6. The smallest absolute Gasteiger partial charge is 0.252 e. The van der Waals surface area contributed by atoms with E-state index < -0.39 is 0 Å². The number of carbonyl (C=O) groups is 1. The Labute approximate surface area is 120 Å². The number of hydrogen-bond acceptors (Lipinski definition) is 2. The zero-order valence-corrected chi connectivity index (χ0v) is 12.0. The predicted molar refractivity (Wildman–Crippen MR) is 81.4 cm³/mol. The number of aryl methyl sites for hydroxylation is 1. The maximum atomic E-state index is 12.3. The average molecular weight is 270 g/mol. The van der Waals surface area contributed by atoms with Crippen molar-refractivity contribution in [1.82, 2.24) is 5.32 Å². The van der Waals surface area contributed by atoms with Crippen molar-refractivity contribution in [3.8, 4) is 11.8 Å². The van der Waals surface area contributed by atoms with E-state index in [1.165, 1.54) is 25.7 Å². The number of nitrogens with one attached hydrogen (secondary N) is 1. The van der Waals surface area contributed by atoms with Crippen LogP contribution in [-0.4, -0.2) is 19.0 Å². The molecule has 0 atom stereocenters. The third-order valence-electron chi connectivity index (χ3n) is 3.77. The normalized spacial score (nSPS) is 14.7. The first-order valence-corrected chi connectivity index (χ1v) is 7.28. The fourth-order valence-corrected chi connectivity index (χ4v) is 2.65. The first-order valence-electron chi connectivity index (χ1n) is 7.28. The lowest BCUT2D eigenvalue weighted by atomic mass is 10.0. The molecule has 20 heavy (non-hydrogen) atoms. The molecular weight excluding hydrogens is 248 g/mol. The second-order valence-corrected chi connectivity index (χ2v) is 5.42. The van der Waals surface area contributed by atoms with Gasteiger partial charge in [0.2, 0.25) is 0 Å². The summed E-state index contributed by atoms with van der Waals surface area (Å²) in [5.41, 5.74) is 7.91. The van der Waals surface area contributed by atoms with Crippen molar-refractivity contribution in [2.75, 3.05) is 13.1 Å². The molecular formula is C17H22N2O. The minimum atomic E-state index is -0.0294.